The molecule has 0 amide bonds. The Morgan fingerprint density at radius 2 is 1.89 bits per heavy atom. The predicted octanol–water partition coefficient (Wildman–Crippen LogP) is 0.777. The standard InChI is InChI=1S/C7H16O2/c1-7(6-9)4-2-3-5-8/h7-9H,2-6H2,1H3. The quantitative estimate of drug-likeness (QED) is 0.543. The third-order valence-electron chi connectivity index (χ3n) is 1.42. The van der Waals surface area contributed by atoms with Crippen LogP contribution in [0.2, 0.25) is 0 Å². The van der Waals surface area contributed by atoms with Gasteiger partial charge in [0.1, 0.15) is 0 Å². The van der Waals surface area contributed by atoms with E-state index in [1.54, 1.807) is 0 Å². The zero-order valence-corrected chi connectivity index (χ0v) is 6.01. The van der Waals surface area contributed by atoms with Crippen LogP contribution in [0.1, 0.15) is 26.2 Å². The molecule has 0 heterocycles. The van der Waals surface area contributed by atoms with Gasteiger partial charge in [-0.3, -0.25) is 0 Å². The fourth-order valence-electron chi connectivity index (χ4n) is 0.696. The third-order valence-corrected chi connectivity index (χ3v) is 1.42. The molecule has 0 saturated heterocycles. The molecule has 9 heavy (non-hydrogen) atoms. The van der Waals surface area contributed by atoms with E-state index >= 15 is 0 Å². The van der Waals surface area contributed by atoms with E-state index in [0.717, 1.165) is 19.3 Å². The number of hydrogen-bond acceptors (Lipinski definition) is 2. The third kappa shape index (κ3) is 5.80. The van der Waals surface area contributed by atoms with Crippen LogP contribution in [0.15, 0.2) is 0 Å². The second-order valence-electron chi connectivity index (χ2n) is 2.51. The SMILES string of the molecule is CC(CO)CCCCO. The molecule has 0 radical (unpaired) electrons. The van der Waals surface area contributed by atoms with Crippen molar-refractivity contribution in [1.29, 1.82) is 0 Å². The number of aliphatic hydroxyl groups excluding tert-OH is 2. The molecule has 2 N–H and O–H groups in total. The summed E-state index contributed by atoms with van der Waals surface area (Å²) in [6.45, 7) is 2.56. The van der Waals surface area contributed by atoms with Gasteiger partial charge in [0.25, 0.3) is 0 Å². The molecule has 0 aliphatic rings. The van der Waals surface area contributed by atoms with E-state index in [1.807, 2.05) is 6.92 Å². The van der Waals surface area contributed by atoms with Crippen molar-refractivity contribution in [3.05, 3.63) is 0 Å². The molecule has 0 aromatic rings. The molecule has 0 aromatic heterocycles. The average molecular weight is 132 g/mol. The lowest BCUT2D eigenvalue weighted by Crippen LogP contribution is -2.00. The Morgan fingerprint density at radius 1 is 1.22 bits per heavy atom. The lowest BCUT2D eigenvalue weighted by Gasteiger charge is -2.04. The van der Waals surface area contributed by atoms with Gasteiger partial charge in [-0.05, 0) is 18.8 Å². The summed E-state index contributed by atoms with van der Waals surface area (Å²) in [7, 11) is 0. The normalized spacial score (nSPS) is 13.7. The summed E-state index contributed by atoms with van der Waals surface area (Å²) in [5.74, 6) is 0.400. The fraction of sp³-hybridized carbons (Fsp3) is 1.00. The van der Waals surface area contributed by atoms with Crippen molar-refractivity contribution < 1.29 is 10.2 Å². The highest BCUT2D eigenvalue weighted by molar-refractivity contribution is 4.49. The summed E-state index contributed by atoms with van der Waals surface area (Å²) in [5, 5.41) is 17.0. The van der Waals surface area contributed by atoms with Crippen molar-refractivity contribution in [1.82, 2.24) is 0 Å². The van der Waals surface area contributed by atoms with Crippen LogP contribution in [-0.2, 0) is 0 Å². The average Bonchev–Trinajstić information content (AvgIpc) is 1.89. The predicted molar refractivity (Wildman–Crippen MR) is 37.2 cm³/mol. The Morgan fingerprint density at radius 3 is 2.33 bits per heavy atom. The van der Waals surface area contributed by atoms with E-state index in [1.165, 1.54) is 0 Å². The molecular weight excluding hydrogens is 116 g/mol. The first-order valence-electron chi connectivity index (χ1n) is 3.53. The number of unbranched alkanes of at least 4 members (excludes halogenated alkanes) is 1. The molecule has 0 aliphatic carbocycles. The van der Waals surface area contributed by atoms with Gasteiger partial charge < -0.3 is 10.2 Å². The largest absolute Gasteiger partial charge is 0.396 e. The Hall–Kier alpha value is -0.0800. The molecule has 0 saturated carbocycles. The van der Waals surface area contributed by atoms with Crippen LogP contribution in [0.4, 0.5) is 0 Å². The van der Waals surface area contributed by atoms with Gasteiger partial charge in [-0.25, -0.2) is 0 Å². The molecular formula is C7H16O2. The van der Waals surface area contributed by atoms with Gasteiger partial charge >= 0.3 is 0 Å². The summed E-state index contributed by atoms with van der Waals surface area (Å²) in [6, 6.07) is 0. The molecule has 56 valence electrons. The van der Waals surface area contributed by atoms with Gasteiger partial charge in [0, 0.05) is 13.2 Å². The second kappa shape index (κ2) is 6.05. The summed E-state index contributed by atoms with van der Waals surface area (Å²) < 4.78 is 0. The van der Waals surface area contributed by atoms with Crippen LogP contribution in [0, 0.1) is 5.92 Å². The van der Waals surface area contributed by atoms with Crippen LogP contribution in [-0.4, -0.2) is 23.4 Å². The molecule has 0 fully saturated rings. The van der Waals surface area contributed by atoms with E-state index in [-0.39, 0.29) is 13.2 Å². The van der Waals surface area contributed by atoms with Crippen molar-refractivity contribution in [2.24, 2.45) is 5.92 Å². The Bertz CT molecular complexity index is 54.9. The van der Waals surface area contributed by atoms with Crippen LogP contribution in [0.3, 0.4) is 0 Å². The Kier molecular flexibility index (Phi) is 5.99. The van der Waals surface area contributed by atoms with Crippen molar-refractivity contribution in [3.63, 3.8) is 0 Å². The van der Waals surface area contributed by atoms with Crippen molar-refractivity contribution >= 4 is 0 Å². The van der Waals surface area contributed by atoms with Gasteiger partial charge in [0.15, 0.2) is 0 Å². The molecule has 2 nitrogen and oxygen atoms in total. The Balaban J connectivity index is 2.88. The summed E-state index contributed by atoms with van der Waals surface area (Å²) in [5.41, 5.74) is 0. The summed E-state index contributed by atoms with van der Waals surface area (Å²) >= 11 is 0. The topological polar surface area (TPSA) is 40.5 Å². The molecule has 2 heteroatoms. The van der Waals surface area contributed by atoms with Crippen LogP contribution >= 0.6 is 0 Å². The second-order valence-corrected chi connectivity index (χ2v) is 2.51. The smallest absolute Gasteiger partial charge is 0.0456 e. The fourth-order valence-corrected chi connectivity index (χ4v) is 0.696. The lowest BCUT2D eigenvalue weighted by atomic mass is 10.1. The van der Waals surface area contributed by atoms with Crippen LogP contribution < -0.4 is 0 Å². The first-order valence-corrected chi connectivity index (χ1v) is 3.53. The number of rotatable bonds is 5. The first-order chi connectivity index (χ1) is 4.31. The maximum Gasteiger partial charge on any atom is 0.0456 e. The number of hydrogen-bond donors (Lipinski definition) is 2. The highest BCUT2D eigenvalue weighted by atomic mass is 16.3. The maximum atomic E-state index is 8.57. The van der Waals surface area contributed by atoms with Crippen LogP contribution in [0.25, 0.3) is 0 Å². The molecule has 0 spiro atoms. The summed E-state index contributed by atoms with van der Waals surface area (Å²) in [4.78, 5) is 0. The first kappa shape index (κ1) is 8.92. The zero-order chi connectivity index (χ0) is 7.11. The molecule has 0 aliphatic heterocycles. The highest BCUT2D eigenvalue weighted by Gasteiger charge is 1.97. The molecule has 0 aromatic carbocycles. The van der Waals surface area contributed by atoms with Crippen molar-refractivity contribution in [3.8, 4) is 0 Å². The van der Waals surface area contributed by atoms with Gasteiger partial charge in [0.05, 0.1) is 0 Å². The molecule has 1 unspecified atom stereocenters. The highest BCUT2D eigenvalue weighted by Crippen LogP contribution is 2.05. The minimum Gasteiger partial charge on any atom is -0.396 e. The molecule has 0 rings (SSSR count). The van der Waals surface area contributed by atoms with Crippen LogP contribution in [0.5, 0.6) is 0 Å². The van der Waals surface area contributed by atoms with Gasteiger partial charge in [0.2, 0.25) is 0 Å². The zero-order valence-electron chi connectivity index (χ0n) is 6.01. The monoisotopic (exact) mass is 132 g/mol. The summed E-state index contributed by atoms with van der Waals surface area (Å²) in [6.07, 6.45) is 2.92. The van der Waals surface area contributed by atoms with Gasteiger partial charge in [-0.2, -0.15) is 0 Å². The van der Waals surface area contributed by atoms with E-state index in [2.05, 4.69) is 0 Å². The van der Waals surface area contributed by atoms with E-state index in [9.17, 15) is 0 Å². The minimum absolute atomic E-state index is 0.269. The van der Waals surface area contributed by atoms with Gasteiger partial charge in [-0.1, -0.05) is 13.3 Å². The van der Waals surface area contributed by atoms with E-state index in [0.29, 0.717) is 5.92 Å². The lowest BCUT2D eigenvalue weighted by molar-refractivity contribution is 0.220. The maximum absolute atomic E-state index is 8.57. The Labute approximate surface area is 56.5 Å². The minimum atomic E-state index is 0.269. The van der Waals surface area contributed by atoms with E-state index < -0.39 is 0 Å². The molecule has 0 bridgehead atoms. The number of aliphatic hydroxyl groups is 2. The molecule has 1 atom stereocenters. The van der Waals surface area contributed by atoms with E-state index in [4.69, 9.17) is 10.2 Å². The van der Waals surface area contributed by atoms with Crippen molar-refractivity contribution in [2.75, 3.05) is 13.2 Å². The van der Waals surface area contributed by atoms with Gasteiger partial charge in [-0.15, -0.1) is 0 Å². The van der Waals surface area contributed by atoms with Crippen molar-refractivity contribution in [2.45, 2.75) is 26.2 Å².